The van der Waals surface area contributed by atoms with Gasteiger partial charge < -0.3 is 5.32 Å². The van der Waals surface area contributed by atoms with Crippen LogP contribution in [0.25, 0.3) is 0 Å². The third-order valence-electron chi connectivity index (χ3n) is 6.75. The maximum atomic E-state index is 14.4. The van der Waals surface area contributed by atoms with Gasteiger partial charge in [-0.2, -0.15) is 0 Å². The van der Waals surface area contributed by atoms with E-state index in [2.05, 4.69) is 5.32 Å². The van der Waals surface area contributed by atoms with Crippen molar-refractivity contribution in [3.63, 3.8) is 0 Å². The van der Waals surface area contributed by atoms with Crippen LogP contribution in [-0.4, -0.2) is 32.3 Å². The van der Waals surface area contributed by atoms with E-state index in [1.165, 1.54) is 0 Å². The largest absolute Gasteiger partial charge is 0.313 e. The zero-order valence-corrected chi connectivity index (χ0v) is 20.4. The van der Waals surface area contributed by atoms with E-state index in [-0.39, 0.29) is 23.3 Å². The molecule has 5 nitrogen and oxygen atoms in total. The van der Waals surface area contributed by atoms with Crippen molar-refractivity contribution in [3.05, 3.63) is 58.1 Å². The molecule has 2 aromatic carbocycles. The zero-order valence-electron chi connectivity index (χ0n) is 18.1. The molecule has 4 rings (SSSR count). The zero-order chi connectivity index (χ0) is 22.9. The van der Waals surface area contributed by atoms with Gasteiger partial charge in [-0.25, -0.2) is 8.42 Å². The number of halogens is 2. The highest BCUT2D eigenvalue weighted by molar-refractivity contribution is 7.93. The smallest absolute Gasteiger partial charge is 0.231 e. The molecule has 0 spiro atoms. The molecule has 32 heavy (non-hydrogen) atoms. The first-order valence-electron chi connectivity index (χ1n) is 11.1. The lowest BCUT2D eigenvalue weighted by molar-refractivity contribution is -0.123. The lowest BCUT2D eigenvalue weighted by atomic mass is 9.99. The number of hydrogen-bond acceptors (Lipinski definition) is 4. The standard InChI is InChI=1S/C24H28Cl2N2O3S/c1-17-21(26)8-4-9-22(17)32(30,31)24(14-5-15-27-16-24)28(20-12-10-19(25)11-13-20)23(29)18-6-2-3-7-18/h4,8-13,18,27H,2-3,5-7,14-16H2,1H3/t24-/m0/s1. The van der Waals surface area contributed by atoms with Crippen LogP contribution in [0.4, 0.5) is 5.69 Å². The molecule has 1 saturated carbocycles. The molecule has 1 heterocycles. The molecule has 0 radical (unpaired) electrons. The number of sulfone groups is 1. The average molecular weight is 495 g/mol. The van der Waals surface area contributed by atoms with E-state index in [0.717, 1.165) is 25.7 Å². The Bertz CT molecular complexity index is 1090. The summed E-state index contributed by atoms with van der Waals surface area (Å²) in [5, 5.41) is 4.19. The molecule has 1 aliphatic heterocycles. The second kappa shape index (κ2) is 9.34. The normalized spacial score (nSPS) is 22.1. The highest BCUT2D eigenvalue weighted by Crippen LogP contribution is 2.42. The number of hydrogen-bond donors (Lipinski definition) is 1. The Labute approximate surface area is 200 Å². The van der Waals surface area contributed by atoms with E-state index in [4.69, 9.17) is 23.2 Å². The maximum Gasteiger partial charge on any atom is 0.231 e. The molecule has 0 unspecified atom stereocenters. The molecule has 0 aromatic heterocycles. The van der Waals surface area contributed by atoms with Crippen LogP contribution < -0.4 is 10.2 Å². The number of nitrogens with zero attached hydrogens (tertiary/aromatic N) is 1. The SMILES string of the molecule is Cc1c(Cl)cccc1S(=O)(=O)[C@@]1(N(C(=O)C2CCCC2)c2ccc(Cl)cc2)CCCNC1. The van der Waals surface area contributed by atoms with Gasteiger partial charge in [-0.05, 0) is 81.1 Å². The van der Waals surface area contributed by atoms with E-state index in [1.807, 2.05) is 0 Å². The Balaban J connectivity index is 1.93. The lowest BCUT2D eigenvalue weighted by Gasteiger charge is -2.46. The van der Waals surface area contributed by atoms with Crippen molar-refractivity contribution >= 4 is 44.6 Å². The van der Waals surface area contributed by atoms with Crippen molar-refractivity contribution < 1.29 is 13.2 Å². The van der Waals surface area contributed by atoms with Crippen LogP contribution in [0.3, 0.4) is 0 Å². The Morgan fingerprint density at radius 3 is 2.38 bits per heavy atom. The number of rotatable bonds is 5. The Morgan fingerprint density at radius 2 is 1.75 bits per heavy atom. The molecule has 2 fully saturated rings. The van der Waals surface area contributed by atoms with Gasteiger partial charge in [0.15, 0.2) is 4.87 Å². The third kappa shape index (κ3) is 4.07. The van der Waals surface area contributed by atoms with Gasteiger partial charge in [-0.1, -0.05) is 42.1 Å². The first kappa shape index (κ1) is 23.6. The monoisotopic (exact) mass is 494 g/mol. The Kier molecular flexibility index (Phi) is 6.87. The fourth-order valence-corrected chi connectivity index (χ4v) is 7.67. The Morgan fingerprint density at radius 1 is 1.06 bits per heavy atom. The van der Waals surface area contributed by atoms with Crippen LogP contribution in [0, 0.1) is 12.8 Å². The minimum Gasteiger partial charge on any atom is -0.313 e. The molecular weight excluding hydrogens is 467 g/mol. The number of carbonyl (C=O) groups excluding carboxylic acids is 1. The first-order valence-corrected chi connectivity index (χ1v) is 13.3. The number of amides is 1. The van der Waals surface area contributed by atoms with Gasteiger partial charge in [0.1, 0.15) is 0 Å². The van der Waals surface area contributed by atoms with Crippen molar-refractivity contribution in [2.75, 3.05) is 18.0 Å². The fourth-order valence-electron chi connectivity index (χ4n) is 4.99. The minimum atomic E-state index is -3.98. The lowest BCUT2D eigenvalue weighted by Crippen LogP contribution is -2.65. The number of anilines is 1. The second-order valence-corrected chi connectivity index (χ2v) is 11.8. The van der Waals surface area contributed by atoms with Crippen LogP contribution in [0.1, 0.15) is 44.1 Å². The van der Waals surface area contributed by atoms with Gasteiger partial charge in [0.2, 0.25) is 15.7 Å². The molecule has 1 N–H and O–H groups in total. The summed E-state index contributed by atoms with van der Waals surface area (Å²) in [6.45, 7) is 2.57. The number of benzene rings is 2. The number of nitrogens with one attached hydrogen (secondary N) is 1. The summed E-state index contributed by atoms with van der Waals surface area (Å²) < 4.78 is 28.7. The minimum absolute atomic E-state index is 0.128. The van der Waals surface area contributed by atoms with Gasteiger partial charge in [0.25, 0.3) is 0 Å². The maximum absolute atomic E-state index is 14.4. The molecule has 1 atom stereocenters. The average Bonchev–Trinajstić information content (AvgIpc) is 3.32. The van der Waals surface area contributed by atoms with Gasteiger partial charge >= 0.3 is 0 Å². The summed E-state index contributed by atoms with van der Waals surface area (Å²) >= 11 is 12.4. The molecule has 2 aromatic rings. The molecule has 172 valence electrons. The highest BCUT2D eigenvalue weighted by atomic mass is 35.5. The van der Waals surface area contributed by atoms with Gasteiger partial charge in [0.05, 0.1) is 4.90 Å². The van der Waals surface area contributed by atoms with Gasteiger partial charge in [0, 0.05) is 28.2 Å². The van der Waals surface area contributed by atoms with Gasteiger partial charge in [-0.3, -0.25) is 9.69 Å². The van der Waals surface area contributed by atoms with E-state index in [0.29, 0.717) is 40.7 Å². The summed E-state index contributed by atoms with van der Waals surface area (Å²) in [7, 11) is -3.98. The van der Waals surface area contributed by atoms with Crippen LogP contribution in [-0.2, 0) is 14.6 Å². The van der Waals surface area contributed by atoms with Crippen LogP contribution in [0.15, 0.2) is 47.4 Å². The van der Waals surface area contributed by atoms with Gasteiger partial charge in [-0.15, -0.1) is 0 Å². The van der Waals surface area contributed by atoms with Crippen LogP contribution in [0.2, 0.25) is 10.0 Å². The van der Waals surface area contributed by atoms with E-state index in [1.54, 1.807) is 54.3 Å². The van der Waals surface area contributed by atoms with E-state index >= 15 is 0 Å². The van der Waals surface area contributed by atoms with Crippen LogP contribution in [0.5, 0.6) is 0 Å². The molecular formula is C24H28Cl2N2O3S. The number of carbonyl (C=O) groups is 1. The van der Waals surface area contributed by atoms with Crippen molar-refractivity contribution in [1.82, 2.24) is 5.32 Å². The predicted octanol–water partition coefficient (Wildman–Crippen LogP) is 5.38. The summed E-state index contributed by atoms with van der Waals surface area (Å²) in [4.78, 5) is 14.2. The van der Waals surface area contributed by atoms with Crippen LogP contribution >= 0.6 is 23.2 Å². The molecule has 0 bridgehead atoms. The molecule has 1 aliphatic carbocycles. The number of piperidine rings is 1. The summed E-state index contributed by atoms with van der Waals surface area (Å²) in [5.41, 5.74) is 1.06. The van der Waals surface area contributed by atoms with E-state index in [9.17, 15) is 13.2 Å². The molecule has 2 aliphatic rings. The van der Waals surface area contributed by atoms with Crippen molar-refractivity contribution in [2.45, 2.75) is 55.2 Å². The molecule has 1 saturated heterocycles. The quantitative estimate of drug-likeness (QED) is 0.605. The second-order valence-electron chi connectivity index (χ2n) is 8.72. The molecule has 1 amide bonds. The topological polar surface area (TPSA) is 66.5 Å². The summed E-state index contributed by atoms with van der Waals surface area (Å²) in [6, 6.07) is 11.8. The first-order chi connectivity index (χ1) is 15.3. The fraction of sp³-hybridized carbons (Fsp3) is 0.458. The summed E-state index contributed by atoms with van der Waals surface area (Å²) in [5.74, 6) is -0.308. The predicted molar refractivity (Wildman–Crippen MR) is 129 cm³/mol. The molecule has 8 heteroatoms. The van der Waals surface area contributed by atoms with E-state index < -0.39 is 14.7 Å². The third-order valence-corrected chi connectivity index (χ3v) is 9.96. The van der Waals surface area contributed by atoms with Crippen molar-refractivity contribution in [1.29, 1.82) is 0 Å². The highest BCUT2D eigenvalue weighted by Gasteiger charge is 2.54. The Hall–Kier alpha value is -1.60. The summed E-state index contributed by atoms with van der Waals surface area (Å²) in [6.07, 6.45) is 4.51. The van der Waals surface area contributed by atoms with Crippen molar-refractivity contribution in [2.24, 2.45) is 5.92 Å². The van der Waals surface area contributed by atoms with Crippen molar-refractivity contribution in [3.8, 4) is 0 Å².